The van der Waals surface area contributed by atoms with Crippen LogP contribution in [0.25, 0.3) is 0 Å². The minimum absolute atomic E-state index is 0.0801. The van der Waals surface area contributed by atoms with Gasteiger partial charge in [-0.25, -0.2) is 0 Å². The van der Waals surface area contributed by atoms with E-state index < -0.39 is 0 Å². The first kappa shape index (κ1) is 13.8. The molecule has 0 fully saturated rings. The lowest BCUT2D eigenvalue weighted by atomic mass is 10.1. The highest BCUT2D eigenvalue weighted by Gasteiger charge is 2.11. The van der Waals surface area contributed by atoms with Gasteiger partial charge in [0.2, 0.25) is 0 Å². The van der Waals surface area contributed by atoms with Crippen LogP contribution in [0.4, 0.5) is 0 Å². The monoisotopic (exact) mass is 239 g/mol. The lowest BCUT2D eigenvalue weighted by Crippen LogP contribution is -2.18. The van der Waals surface area contributed by atoms with E-state index >= 15 is 0 Å². The lowest BCUT2D eigenvalue weighted by Gasteiger charge is -2.15. The Kier molecular flexibility index (Phi) is 5.80. The van der Waals surface area contributed by atoms with Crippen molar-refractivity contribution < 1.29 is 14.2 Å². The molecule has 0 saturated carbocycles. The summed E-state index contributed by atoms with van der Waals surface area (Å²) in [5, 5.41) is 0. The van der Waals surface area contributed by atoms with Gasteiger partial charge in [0.15, 0.2) is 18.3 Å². The summed E-state index contributed by atoms with van der Waals surface area (Å²) in [6, 6.07) is 5.87. The predicted octanol–water partition coefficient (Wildman–Crippen LogP) is 1.96. The number of nitrogens with two attached hydrogens (primary N) is 1. The molecule has 4 nitrogen and oxygen atoms in total. The summed E-state index contributed by atoms with van der Waals surface area (Å²) in [7, 11) is 1.62. The zero-order chi connectivity index (χ0) is 12.7. The molecule has 2 N–H and O–H groups in total. The van der Waals surface area contributed by atoms with Crippen molar-refractivity contribution in [1.29, 1.82) is 0 Å². The molecule has 0 heterocycles. The Labute approximate surface area is 103 Å². The molecule has 1 rings (SSSR count). The topological polar surface area (TPSA) is 53.7 Å². The molecule has 0 saturated heterocycles. The molecule has 0 bridgehead atoms. The largest absolute Gasteiger partial charge is 0.493 e. The Bertz CT molecular complexity index is 339. The molecule has 1 aromatic carbocycles. The number of ether oxygens (including phenoxy) is 3. The highest BCUT2D eigenvalue weighted by atomic mass is 16.7. The number of benzene rings is 1. The van der Waals surface area contributed by atoms with Crippen molar-refractivity contribution in [3.63, 3.8) is 0 Å². The molecule has 0 aliphatic heterocycles. The summed E-state index contributed by atoms with van der Waals surface area (Å²) in [6.45, 7) is 4.74. The smallest absolute Gasteiger partial charge is 0.189 e. The van der Waals surface area contributed by atoms with Crippen LogP contribution in [0.2, 0.25) is 0 Å². The molecule has 0 amide bonds. The summed E-state index contributed by atoms with van der Waals surface area (Å²) in [4.78, 5) is 0. The van der Waals surface area contributed by atoms with Gasteiger partial charge >= 0.3 is 0 Å². The molecule has 1 atom stereocenters. The van der Waals surface area contributed by atoms with Gasteiger partial charge < -0.3 is 19.9 Å². The Morgan fingerprint density at radius 1 is 1.35 bits per heavy atom. The first-order valence-electron chi connectivity index (χ1n) is 5.81. The zero-order valence-electron chi connectivity index (χ0n) is 10.7. The molecular weight excluding hydrogens is 218 g/mol. The molecule has 96 valence electrons. The first-order valence-corrected chi connectivity index (χ1v) is 5.81. The molecule has 1 aromatic rings. The van der Waals surface area contributed by atoms with E-state index in [9.17, 15) is 0 Å². The van der Waals surface area contributed by atoms with Gasteiger partial charge in [0, 0.05) is 12.6 Å². The SMILES string of the molecule is CCOCOc1c(CC(C)N)cccc1OC. The fourth-order valence-corrected chi connectivity index (χ4v) is 1.58. The fourth-order valence-electron chi connectivity index (χ4n) is 1.58. The third-order valence-electron chi connectivity index (χ3n) is 2.31. The number of hydrogen-bond acceptors (Lipinski definition) is 4. The highest BCUT2D eigenvalue weighted by Crippen LogP contribution is 2.31. The molecule has 0 aliphatic rings. The molecule has 1 unspecified atom stereocenters. The normalized spacial score (nSPS) is 12.2. The van der Waals surface area contributed by atoms with Gasteiger partial charge in [0.25, 0.3) is 0 Å². The average molecular weight is 239 g/mol. The molecule has 17 heavy (non-hydrogen) atoms. The summed E-state index contributed by atoms with van der Waals surface area (Å²) < 4.78 is 16.1. The fraction of sp³-hybridized carbons (Fsp3) is 0.538. The Hall–Kier alpha value is -1.26. The van der Waals surface area contributed by atoms with Crippen LogP contribution in [-0.4, -0.2) is 26.6 Å². The molecule has 0 radical (unpaired) electrons. The molecule has 4 heteroatoms. The Morgan fingerprint density at radius 2 is 2.12 bits per heavy atom. The van der Waals surface area contributed by atoms with E-state index in [1.807, 2.05) is 32.0 Å². The standard InChI is InChI=1S/C13H21NO3/c1-4-16-9-17-13-11(8-10(2)14)6-5-7-12(13)15-3/h5-7,10H,4,8-9,14H2,1-3H3. The van der Waals surface area contributed by atoms with Gasteiger partial charge in [-0.15, -0.1) is 0 Å². The van der Waals surface area contributed by atoms with Crippen LogP contribution in [0.5, 0.6) is 11.5 Å². The third-order valence-corrected chi connectivity index (χ3v) is 2.31. The van der Waals surface area contributed by atoms with Crippen LogP contribution in [0, 0.1) is 0 Å². The second kappa shape index (κ2) is 7.14. The van der Waals surface area contributed by atoms with Crippen molar-refractivity contribution in [1.82, 2.24) is 0 Å². The maximum absolute atomic E-state index is 5.81. The van der Waals surface area contributed by atoms with Crippen LogP contribution >= 0.6 is 0 Å². The van der Waals surface area contributed by atoms with Gasteiger partial charge in [-0.1, -0.05) is 12.1 Å². The van der Waals surface area contributed by atoms with Gasteiger partial charge in [-0.3, -0.25) is 0 Å². The average Bonchev–Trinajstić information content (AvgIpc) is 2.30. The second-order valence-corrected chi connectivity index (χ2v) is 3.88. The van der Waals surface area contributed by atoms with E-state index in [-0.39, 0.29) is 12.8 Å². The Morgan fingerprint density at radius 3 is 2.71 bits per heavy atom. The zero-order valence-corrected chi connectivity index (χ0v) is 10.7. The van der Waals surface area contributed by atoms with E-state index in [1.54, 1.807) is 7.11 Å². The van der Waals surface area contributed by atoms with Crippen molar-refractivity contribution in [2.24, 2.45) is 5.73 Å². The second-order valence-electron chi connectivity index (χ2n) is 3.88. The summed E-state index contributed by atoms with van der Waals surface area (Å²) >= 11 is 0. The number of para-hydroxylation sites is 1. The van der Waals surface area contributed by atoms with Crippen molar-refractivity contribution in [3.8, 4) is 11.5 Å². The number of hydrogen-bond donors (Lipinski definition) is 1. The van der Waals surface area contributed by atoms with E-state index in [0.29, 0.717) is 12.4 Å². The molecule has 0 aliphatic carbocycles. The number of rotatable bonds is 7. The third kappa shape index (κ3) is 4.24. The summed E-state index contributed by atoms with van der Waals surface area (Å²) in [6.07, 6.45) is 0.749. The molecular formula is C13H21NO3. The van der Waals surface area contributed by atoms with Crippen LogP contribution < -0.4 is 15.2 Å². The van der Waals surface area contributed by atoms with Crippen LogP contribution in [0.1, 0.15) is 19.4 Å². The van der Waals surface area contributed by atoms with Crippen LogP contribution in [0.3, 0.4) is 0 Å². The summed E-state index contributed by atoms with van der Waals surface area (Å²) in [5.74, 6) is 1.43. The van der Waals surface area contributed by atoms with Crippen molar-refractivity contribution in [2.45, 2.75) is 26.3 Å². The van der Waals surface area contributed by atoms with Gasteiger partial charge in [0.1, 0.15) is 0 Å². The van der Waals surface area contributed by atoms with E-state index in [1.165, 1.54) is 0 Å². The van der Waals surface area contributed by atoms with Crippen molar-refractivity contribution in [2.75, 3.05) is 20.5 Å². The van der Waals surface area contributed by atoms with E-state index in [0.717, 1.165) is 17.7 Å². The van der Waals surface area contributed by atoms with Gasteiger partial charge in [-0.2, -0.15) is 0 Å². The first-order chi connectivity index (χ1) is 8.19. The molecule has 0 aromatic heterocycles. The van der Waals surface area contributed by atoms with Crippen LogP contribution in [-0.2, 0) is 11.2 Å². The minimum atomic E-state index is 0.0801. The van der Waals surface area contributed by atoms with Crippen molar-refractivity contribution >= 4 is 0 Å². The quantitative estimate of drug-likeness (QED) is 0.583. The predicted molar refractivity (Wildman–Crippen MR) is 67.5 cm³/mol. The van der Waals surface area contributed by atoms with Gasteiger partial charge in [0.05, 0.1) is 7.11 Å². The summed E-state index contributed by atoms with van der Waals surface area (Å²) in [5.41, 5.74) is 6.85. The highest BCUT2D eigenvalue weighted by molar-refractivity contribution is 5.46. The van der Waals surface area contributed by atoms with E-state index in [2.05, 4.69) is 0 Å². The van der Waals surface area contributed by atoms with E-state index in [4.69, 9.17) is 19.9 Å². The Balaban J connectivity index is 2.86. The van der Waals surface area contributed by atoms with Crippen molar-refractivity contribution in [3.05, 3.63) is 23.8 Å². The number of methoxy groups -OCH3 is 1. The van der Waals surface area contributed by atoms with Crippen LogP contribution in [0.15, 0.2) is 18.2 Å². The lowest BCUT2D eigenvalue weighted by molar-refractivity contribution is 0.0203. The minimum Gasteiger partial charge on any atom is -0.493 e. The maximum atomic E-state index is 5.81. The van der Waals surface area contributed by atoms with Gasteiger partial charge in [-0.05, 0) is 31.9 Å². The maximum Gasteiger partial charge on any atom is 0.189 e. The molecule has 0 spiro atoms.